The molecule has 0 fully saturated rings. The molecule has 0 aliphatic rings. The third kappa shape index (κ3) is 5.06. The lowest BCUT2D eigenvalue weighted by Crippen LogP contribution is -2.35. The average Bonchev–Trinajstić information content (AvgIpc) is 2.73. The highest BCUT2D eigenvalue weighted by Gasteiger charge is 2.21. The Kier molecular flexibility index (Phi) is 7.46. The smallest absolute Gasteiger partial charge is 0.341 e. The fourth-order valence-electron chi connectivity index (χ4n) is 1.75. The van der Waals surface area contributed by atoms with E-state index in [0.29, 0.717) is 10.6 Å². The summed E-state index contributed by atoms with van der Waals surface area (Å²) >= 11 is 1.32. The molecular formula is C14H22N2O5S. The summed E-state index contributed by atoms with van der Waals surface area (Å²) < 4.78 is 5.01. The molecule has 0 aliphatic heterocycles. The van der Waals surface area contributed by atoms with E-state index in [0.717, 1.165) is 10.4 Å². The summed E-state index contributed by atoms with van der Waals surface area (Å²) in [6.07, 6.45) is -0.908. The molecule has 0 bridgehead atoms. The van der Waals surface area contributed by atoms with Crippen LogP contribution in [0.5, 0.6) is 0 Å². The van der Waals surface area contributed by atoms with E-state index >= 15 is 0 Å². The first-order chi connectivity index (χ1) is 10.4. The predicted molar refractivity (Wildman–Crippen MR) is 84.3 cm³/mol. The minimum atomic E-state index is -0.908. The zero-order valence-electron chi connectivity index (χ0n) is 12.9. The first-order valence-electron chi connectivity index (χ1n) is 6.97. The summed E-state index contributed by atoms with van der Waals surface area (Å²) in [4.78, 5) is 24.8. The van der Waals surface area contributed by atoms with Crippen molar-refractivity contribution in [2.75, 3.05) is 31.6 Å². The molecule has 124 valence electrons. The number of hydrogen-bond donors (Lipinski definition) is 4. The van der Waals surface area contributed by atoms with Gasteiger partial charge in [0.2, 0.25) is 5.91 Å². The van der Waals surface area contributed by atoms with Crippen LogP contribution in [0.2, 0.25) is 0 Å². The van der Waals surface area contributed by atoms with Crippen molar-refractivity contribution in [3.05, 3.63) is 16.0 Å². The van der Waals surface area contributed by atoms with Crippen LogP contribution in [0, 0.1) is 13.8 Å². The molecular weight excluding hydrogens is 308 g/mol. The van der Waals surface area contributed by atoms with Crippen LogP contribution < -0.4 is 10.6 Å². The van der Waals surface area contributed by atoms with Gasteiger partial charge in [-0.1, -0.05) is 0 Å². The molecule has 8 heteroatoms. The highest BCUT2D eigenvalue weighted by molar-refractivity contribution is 7.16. The van der Waals surface area contributed by atoms with Crippen LogP contribution in [-0.4, -0.2) is 54.5 Å². The van der Waals surface area contributed by atoms with E-state index in [1.807, 2.05) is 13.8 Å². The van der Waals surface area contributed by atoms with Gasteiger partial charge in [-0.15, -0.1) is 11.3 Å². The van der Waals surface area contributed by atoms with Crippen LogP contribution >= 0.6 is 11.3 Å². The number of aryl methyl sites for hydroxylation is 1. The second-order valence-corrected chi connectivity index (χ2v) is 5.95. The monoisotopic (exact) mass is 330 g/mol. The highest BCUT2D eigenvalue weighted by atomic mass is 32.1. The van der Waals surface area contributed by atoms with Crippen molar-refractivity contribution in [2.45, 2.75) is 26.9 Å². The number of aliphatic hydroxyl groups is 2. The number of thiophene rings is 1. The Morgan fingerprint density at radius 3 is 2.64 bits per heavy atom. The Bertz CT molecular complexity index is 530. The van der Waals surface area contributed by atoms with Gasteiger partial charge >= 0.3 is 5.97 Å². The van der Waals surface area contributed by atoms with Crippen molar-refractivity contribution >= 4 is 28.2 Å². The van der Waals surface area contributed by atoms with E-state index in [1.165, 1.54) is 11.3 Å². The lowest BCUT2D eigenvalue weighted by Gasteiger charge is -2.10. The maximum Gasteiger partial charge on any atom is 0.341 e. The molecule has 22 heavy (non-hydrogen) atoms. The summed E-state index contributed by atoms with van der Waals surface area (Å²) in [5, 5.41) is 23.7. The summed E-state index contributed by atoms with van der Waals surface area (Å²) in [7, 11) is 0. The third-order valence-electron chi connectivity index (χ3n) is 2.99. The van der Waals surface area contributed by atoms with E-state index in [1.54, 1.807) is 6.92 Å². The Hall–Kier alpha value is -1.48. The molecule has 4 N–H and O–H groups in total. The van der Waals surface area contributed by atoms with Gasteiger partial charge in [0.25, 0.3) is 0 Å². The second-order valence-electron chi connectivity index (χ2n) is 4.72. The van der Waals surface area contributed by atoms with Crippen molar-refractivity contribution in [2.24, 2.45) is 0 Å². The number of anilines is 1. The fourth-order valence-corrected chi connectivity index (χ4v) is 2.82. The van der Waals surface area contributed by atoms with Crippen molar-refractivity contribution in [3.63, 3.8) is 0 Å². The number of carbonyl (C=O) groups is 2. The number of ether oxygens (including phenoxy) is 1. The Morgan fingerprint density at radius 2 is 2.05 bits per heavy atom. The molecule has 1 aromatic rings. The maximum absolute atomic E-state index is 12.0. The molecule has 0 aliphatic carbocycles. The summed E-state index contributed by atoms with van der Waals surface area (Å²) in [5.74, 6) is -0.791. The van der Waals surface area contributed by atoms with E-state index < -0.39 is 12.1 Å². The molecule has 0 aromatic carbocycles. The van der Waals surface area contributed by atoms with Gasteiger partial charge in [0.15, 0.2) is 0 Å². The Labute approximate surface area is 133 Å². The van der Waals surface area contributed by atoms with E-state index in [4.69, 9.17) is 9.84 Å². The predicted octanol–water partition coefficient (Wildman–Crippen LogP) is 0.423. The topological polar surface area (TPSA) is 108 Å². The Morgan fingerprint density at radius 1 is 1.36 bits per heavy atom. The molecule has 0 spiro atoms. The van der Waals surface area contributed by atoms with Crippen molar-refractivity contribution < 1.29 is 24.5 Å². The average molecular weight is 330 g/mol. The van der Waals surface area contributed by atoms with Gasteiger partial charge in [-0.05, 0) is 26.3 Å². The summed E-state index contributed by atoms with van der Waals surface area (Å²) in [6, 6.07) is 0. The highest BCUT2D eigenvalue weighted by Crippen LogP contribution is 2.32. The third-order valence-corrected chi connectivity index (χ3v) is 4.12. The fraction of sp³-hybridized carbons (Fsp3) is 0.571. The molecule has 0 unspecified atom stereocenters. The number of aliphatic hydroxyl groups excluding tert-OH is 2. The largest absolute Gasteiger partial charge is 0.462 e. The standard InChI is InChI=1S/C14H22N2O5S/c1-4-21-14(20)12-8(2)9(3)22-13(12)16-11(19)6-15-5-10(18)7-17/h10,15,17-18H,4-7H2,1-3H3,(H,16,19)/t10-/m0/s1. The van der Waals surface area contributed by atoms with Gasteiger partial charge in [0.05, 0.1) is 31.4 Å². The molecule has 1 aromatic heterocycles. The van der Waals surface area contributed by atoms with Gasteiger partial charge in [-0.25, -0.2) is 4.79 Å². The van der Waals surface area contributed by atoms with Gasteiger partial charge in [0.1, 0.15) is 5.00 Å². The number of esters is 1. The summed E-state index contributed by atoms with van der Waals surface area (Å²) in [5.41, 5.74) is 1.18. The lowest BCUT2D eigenvalue weighted by atomic mass is 10.1. The minimum absolute atomic E-state index is 0.0324. The van der Waals surface area contributed by atoms with Gasteiger partial charge in [-0.3, -0.25) is 4.79 Å². The SMILES string of the molecule is CCOC(=O)c1c(NC(=O)CNC[C@H](O)CO)sc(C)c1C. The molecule has 1 atom stereocenters. The minimum Gasteiger partial charge on any atom is -0.462 e. The van der Waals surface area contributed by atoms with Gasteiger partial charge < -0.3 is 25.6 Å². The number of nitrogens with one attached hydrogen (secondary N) is 2. The molecule has 0 saturated heterocycles. The van der Waals surface area contributed by atoms with Gasteiger partial charge in [0, 0.05) is 11.4 Å². The van der Waals surface area contributed by atoms with E-state index in [9.17, 15) is 14.7 Å². The van der Waals surface area contributed by atoms with Crippen LogP contribution in [0.3, 0.4) is 0 Å². The second kappa shape index (κ2) is 8.84. The normalized spacial score (nSPS) is 12.0. The summed E-state index contributed by atoms with van der Waals surface area (Å²) in [6.45, 7) is 5.37. The van der Waals surface area contributed by atoms with E-state index in [2.05, 4.69) is 10.6 Å². The van der Waals surface area contributed by atoms with Crippen LogP contribution in [0.4, 0.5) is 5.00 Å². The molecule has 0 radical (unpaired) electrons. The molecule has 1 rings (SSSR count). The van der Waals surface area contributed by atoms with Crippen LogP contribution in [0.15, 0.2) is 0 Å². The van der Waals surface area contributed by atoms with Crippen LogP contribution in [0.25, 0.3) is 0 Å². The van der Waals surface area contributed by atoms with Crippen molar-refractivity contribution in [1.82, 2.24) is 5.32 Å². The molecule has 7 nitrogen and oxygen atoms in total. The lowest BCUT2D eigenvalue weighted by molar-refractivity contribution is -0.115. The number of hydrogen-bond acceptors (Lipinski definition) is 7. The zero-order chi connectivity index (χ0) is 16.7. The molecule has 1 heterocycles. The Balaban J connectivity index is 2.70. The van der Waals surface area contributed by atoms with E-state index in [-0.39, 0.29) is 32.2 Å². The van der Waals surface area contributed by atoms with Crippen LogP contribution in [-0.2, 0) is 9.53 Å². The van der Waals surface area contributed by atoms with Crippen molar-refractivity contribution in [1.29, 1.82) is 0 Å². The quantitative estimate of drug-likeness (QED) is 0.515. The zero-order valence-corrected chi connectivity index (χ0v) is 13.7. The number of carbonyl (C=O) groups excluding carboxylic acids is 2. The number of rotatable bonds is 8. The first kappa shape index (κ1) is 18.6. The maximum atomic E-state index is 12.0. The first-order valence-corrected chi connectivity index (χ1v) is 7.78. The molecule has 1 amide bonds. The number of amides is 1. The molecule has 0 saturated carbocycles. The van der Waals surface area contributed by atoms with Crippen LogP contribution in [0.1, 0.15) is 27.7 Å². The van der Waals surface area contributed by atoms with Gasteiger partial charge in [-0.2, -0.15) is 0 Å². The van der Waals surface area contributed by atoms with Crippen molar-refractivity contribution in [3.8, 4) is 0 Å².